The van der Waals surface area contributed by atoms with Crippen LogP contribution in [0.4, 0.5) is 10.8 Å². The topological polar surface area (TPSA) is 66.9 Å². The molecule has 1 amide bonds. The van der Waals surface area contributed by atoms with Gasteiger partial charge in [0.25, 0.3) is 0 Å². The number of nitrogens with one attached hydrogen (secondary N) is 2. The molecule has 1 saturated carbocycles. The minimum absolute atomic E-state index is 0.0674. The lowest BCUT2D eigenvalue weighted by Crippen LogP contribution is -2.35. The first-order valence-corrected chi connectivity index (χ1v) is 9.50. The Morgan fingerprint density at radius 1 is 1.43 bits per heavy atom. The zero-order chi connectivity index (χ0) is 16.2. The van der Waals surface area contributed by atoms with Crippen LogP contribution in [0, 0.1) is 12.8 Å². The van der Waals surface area contributed by atoms with E-state index in [-0.39, 0.29) is 11.9 Å². The predicted molar refractivity (Wildman–Crippen MR) is 95.4 cm³/mol. The highest BCUT2D eigenvalue weighted by Gasteiger charge is 2.28. The van der Waals surface area contributed by atoms with E-state index in [4.69, 9.17) is 0 Å². The molecule has 1 aliphatic rings. The van der Waals surface area contributed by atoms with E-state index in [0.717, 1.165) is 15.2 Å². The highest BCUT2D eigenvalue weighted by atomic mass is 32.2. The number of aromatic nitrogens is 2. The number of nitrogens with zero attached hydrogens (tertiary/aromatic N) is 2. The van der Waals surface area contributed by atoms with Crippen LogP contribution in [0.15, 0.2) is 28.6 Å². The molecular formula is C16H20N4OS2. The normalized spacial score (nSPS) is 15.2. The number of anilines is 2. The molecule has 7 heteroatoms. The van der Waals surface area contributed by atoms with Crippen LogP contribution in [0.2, 0.25) is 0 Å². The van der Waals surface area contributed by atoms with Crippen molar-refractivity contribution in [3.05, 3.63) is 29.8 Å². The highest BCUT2D eigenvalue weighted by molar-refractivity contribution is 8.01. The average Bonchev–Trinajstić information content (AvgIpc) is 3.27. The minimum Gasteiger partial charge on any atom is -0.353 e. The van der Waals surface area contributed by atoms with Gasteiger partial charge in [-0.3, -0.25) is 4.79 Å². The number of hydrogen-bond acceptors (Lipinski definition) is 6. The van der Waals surface area contributed by atoms with Crippen molar-refractivity contribution in [1.29, 1.82) is 0 Å². The molecule has 23 heavy (non-hydrogen) atoms. The molecular weight excluding hydrogens is 328 g/mol. The van der Waals surface area contributed by atoms with Crippen molar-refractivity contribution in [2.24, 2.45) is 5.92 Å². The lowest BCUT2D eigenvalue weighted by atomic mass is 10.2. The fourth-order valence-electron chi connectivity index (χ4n) is 2.30. The van der Waals surface area contributed by atoms with Gasteiger partial charge in [0, 0.05) is 11.7 Å². The van der Waals surface area contributed by atoms with Crippen LogP contribution in [0.25, 0.3) is 0 Å². The van der Waals surface area contributed by atoms with Gasteiger partial charge in [-0.1, -0.05) is 35.2 Å². The van der Waals surface area contributed by atoms with Gasteiger partial charge in [-0.15, -0.1) is 10.2 Å². The molecule has 1 aromatic heterocycles. The summed E-state index contributed by atoms with van der Waals surface area (Å²) in [4.78, 5) is 11.9. The lowest BCUT2D eigenvalue weighted by Gasteiger charge is -2.11. The molecule has 0 saturated heterocycles. The Bertz CT molecular complexity index is 684. The first-order valence-electron chi connectivity index (χ1n) is 7.69. The van der Waals surface area contributed by atoms with Gasteiger partial charge in [0.15, 0.2) is 4.34 Å². The van der Waals surface area contributed by atoms with Crippen LogP contribution >= 0.6 is 23.1 Å². The Balaban J connectivity index is 1.48. The summed E-state index contributed by atoms with van der Waals surface area (Å²) in [5, 5.41) is 15.3. The second kappa shape index (κ2) is 7.31. The number of carbonyl (C=O) groups is 1. The molecule has 1 heterocycles. The van der Waals surface area contributed by atoms with Crippen molar-refractivity contribution in [2.75, 3.05) is 11.1 Å². The highest BCUT2D eigenvalue weighted by Crippen LogP contribution is 2.32. The fourth-order valence-corrected chi connectivity index (χ4v) is 3.89. The molecule has 1 fully saturated rings. The zero-order valence-corrected chi connectivity index (χ0v) is 14.8. The smallest absolute Gasteiger partial charge is 0.230 e. The summed E-state index contributed by atoms with van der Waals surface area (Å²) in [6.07, 6.45) is 2.47. The summed E-state index contributed by atoms with van der Waals surface area (Å²) in [6, 6.07) is 8.39. The average molecular weight is 348 g/mol. The first-order chi connectivity index (χ1) is 11.1. The Morgan fingerprint density at radius 2 is 2.26 bits per heavy atom. The van der Waals surface area contributed by atoms with E-state index >= 15 is 0 Å². The molecule has 0 unspecified atom stereocenters. The minimum atomic E-state index is 0.0674. The Morgan fingerprint density at radius 3 is 3.00 bits per heavy atom. The third-order valence-corrected chi connectivity index (χ3v) is 5.69. The van der Waals surface area contributed by atoms with Gasteiger partial charge < -0.3 is 10.6 Å². The predicted octanol–water partition coefficient (Wildman–Crippen LogP) is 3.60. The maximum atomic E-state index is 11.9. The molecule has 0 spiro atoms. The molecule has 0 radical (unpaired) electrons. The zero-order valence-electron chi connectivity index (χ0n) is 13.2. The van der Waals surface area contributed by atoms with Crippen LogP contribution < -0.4 is 10.6 Å². The molecule has 0 bridgehead atoms. The molecule has 1 aliphatic carbocycles. The van der Waals surface area contributed by atoms with Gasteiger partial charge in [-0.2, -0.15) is 0 Å². The van der Waals surface area contributed by atoms with Crippen molar-refractivity contribution < 1.29 is 4.79 Å². The summed E-state index contributed by atoms with van der Waals surface area (Å²) >= 11 is 2.89. The number of aryl methyl sites for hydroxylation is 1. The van der Waals surface area contributed by atoms with Gasteiger partial charge in [0.05, 0.1) is 5.75 Å². The van der Waals surface area contributed by atoms with Crippen LogP contribution in [-0.4, -0.2) is 27.9 Å². The van der Waals surface area contributed by atoms with Crippen molar-refractivity contribution in [2.45, 2.75) is 37.1 Å². The first kappa shape index (κ1) is 16.3. The molecule has 3 rings (SSSR count). The lowest BCUT2D eigenvalue weighted by molar-refractivity contribution is -0.119. The SMILES string of the molecule is Cc1cccc(Nc2nnc(SCC(=O)N[C@@H](C)C3CC3)s2)c1. The Labute approximate surface area is 144 Å². The Kier molecular flexibility index (Phi) is 5.17. The van der Waals surface area contributed by atoms with E-state index in [1.54, 1.807) is 0 Å². The van der Waals surface area contributed by atoms with Crippen LogP contribution in [0.3, 0.4) is 0 Å². The van der Waals surface area contributed by atoms with Gasteiger partial charge in [0.2, 0.25) is 11.0 Å². The van der Waals surface area contributed by atoms with Crippen molar-refractivity contribution in [3.63, 3.8) is 0 Å². The van der Waals surface area contributed by atoms with Crippen LogP contribution in [0.1, 0.15) is 25.3 Å². The number of carbonyl (C=O) groups excluding carboxylic acids is 1. The molecule has 1 aromatic carbocycles. The third kappa shape index (κ3) is 4.94. The molecule has 122 valence electrons. The van der Waals surface area contributed by atoms with E-state index in [1.165, 1.54) is 41.5 Å². The second-order valence-electron chi connectivity index (χ2n) is 5.85. The summed E-state index contributed by atoms with van der Waals surface area (Å²) in [6.45, 7) is 4.13. The van der Waals surface area contributed by atoms with Gasteiger partial charge >= 0.3 is 0 Å². The van der Waals surface area contributed by atoms with Crippen LogP contribution in [0.5, 0.6) is 0 Å². The van der Waals surface area contributed by atoms with Crippen molar-refractivity contribution >= 4 is 39.8 Å². The second-order valence-corrected chi connectivity index (χ2v) is 8.05. The largest absolute Gasteiger partial charge is 0.353 e. The Hall–Kier alpha value is -1.60. The van der Waals surface area contributed by atoms with Crippen LogP contribution in [-0.2, 0) is 4.79 Å². The molecule has 1 atom stereocenters. The van der Waals surface area contributed by atoms with E-state index < -0.39 is 0 Å². The molecule has 0 aliphatic heterocycles. The monoisotopic (exact) mass is 348 g/mol. The molecule has 5 nitrogen and oxygen atoms in total. The quantitative estimate of drug-likeness (QED) is 0.749. The van der Waals surface area contributed by atoms with E-state index in [0.29, 0.717) is 11.7 Å². The fraction of sp³-hybridized carbons (Fsp3) is 0.438. The molecule has 2 aromatic rings. The number of amides is 1. The van der Waals surface area contributed by atoms with Crippen molar-refractivity contribution in [1.82, 2.24) is 15.5 Å². The van der Waals surface area contributed by atoms with E-state index in [9.17, 15) is 4.79 Å². The summed E-state index contributed by atoms with van der Waals surface area (Å²) in [7, 11) is 0. The maximum Gasteiger partial charge on any atom is 0.230 e. The summed E-state index contributed by atoms with van der Waals surface area (Å²) in [5.41, 5.74) is 2.18. The maximum absolute atomic E-state index is 11.9. The van der Waals surface area contributed by atoms with Gasteiger partial charge in [0.1, 0.15) is 0 Å². The molecule has 2 N–H and O–H groups in total. The standard InChI is InChI=1S/C16H20N4OS2/c1-10-4-3-5-13(8-10)18-15-19-20-16(23-15)22-9-14(21)17-11(2)12-6-7-12/h3-5,8,11-12H,6-7,9H2,1-2H3,(H,17,21)(H,18,19)/t11-/m0/s1. The van der Waals surface area contributed by atoms with Crippen molar-refractivity contribution in [3.8, 4) is 0 Å². The van der Waals surface area contributed by atoms with E-state index in [1.807, 2.05) is 25.1 Å². The summed E-state index contributed by atoms with van der Waals surface area (Å²) < 4.78 is 0.800. The number of rotatable bonds is 7. The van der Waals surface area contributed by atoms with E-state index in [2.05, 4.69) is 33.8 Å². The summed E-state index contributed by atoms with van der Waals surface area (Å²) in [5.74, 6) is 1.13. The van der Waals surface area contributed by atoms with Gasteiger partial charge in [-0.05, 0) is 50.3 Å². The number of hydrogen-bond donors (Lipinski definition) is 2. The van der Waals surface area contributed by atoms with Gasteiger partial charge in [-0.25, -0.2) is 0 Å². The third-order valence-electron chi connectivity index (χ3n) is 3.72. The number of benzene rings is 1. The number of thioether (sulfide) groups is 1.